The Bertz CT molecular complexity index is 430. The van der Waals surface area contributed by atoms with Gasteiger partial charge in [-0.3, -0.25) is 4.79 Å². The van der Waals surface area contributed by atoms with Crippen LogP contribution in [0.1, 0.15) is 31.7 Å². The highest BCUT2D eigenvalue weighted by atomic mass is 19.1. The van der Waals surface area contributed by atoms with E-state index in [-0.39, 0.29) is 17.8 Å². The van der Waals surface area contributed by atoms with Crippen molar-refractivity contribution in [1.29, 1.82) is 0 Å². The summed E-state index contributed by atoms with van der Waals surface area (Å²) in [6.45, 7) is 2.30. The Hall–Kier alpha value is -1.42. The minimum atomic E-state index is -0.261. The summed E-state index contributed by atoms with van der Waals surface area (Å²) < 4.78 is 13.1. The summed E-state index contributed by atoms with van der Waals surface area (Å²) in [5.74, 6) is -0.195. The van der Waals surface area contributed by atoms with Crippen molar-refractivity contribution in [2.24, 2.45) is 5.73 Å². The van der Waals surface area contributed by atoms with Crippen LogP contribution >= 0.6 is 0 Å². The average Bonchev–Trinajstić information content (AvgIpc) is 3.08. The van der Waals surface area contributed by atoms with Crippen molar-refractivity contribution in [2.45, 2.75) is 44.8 Å². The molecule has 1 unspecified atom stereocenters. The molecule has 1 aliphatic rings. The van der Waals surface area contributed by atoms with E-state index >= 15 is 0 Å². The van der Waals surface area contributed by atoms with Crippen LogP contribution in [0, 0.1) is 5.82 Å². The smallest absolute Gasteiger partial charge is 0.224 e. The van der Waals surface area contributed by atoms with Crippen LogP contribution in [0.3, 0.4) is 0 Å². The summed E-state index contributed by atoms with van der Waals surface area (Å²) in [7, 11) is 0. The van der Waals surface area contributed by atoms with Crippen LogP contribution in [0.25, 0.3) is 0 Å². The molecule has 2 rings (SSSR count). The van der Waals surface area contributed by atoms with Gasteiger partial charge in [-0.05, 0) is 37.5 Å². The third-order valence-electron chi connectivity index (χ3n) is 3.05. The number of carbonyl (C=O) groups is 1. The number of hydrogen-bond donors (Lipinski definition) is 1. The molecular weight excluding hydrogens is 231 g/mol. The number of rotatable bonds is 5. The van der Waals surface area contributed by atoms with Crippen LogP contribution in [0.5, 0.6) is 0 Å². The van der Waals surface area contributed by atoms with E-state index in [1.807, 2.05) is 17.9 Å². The van der Waals surface area contributed by atoms with Crippen molar-refractivity contribution in [2.75, 3.05) is 0 Å². The van der Waals surface area contributed by atoms with Crippen LogP contribution in [-0.2, 0) is 11.3 Å². The number of amides is 1. The van der Waals surface area contributed by atoms with Crippen LogP contribution < -0.4 is 5.73 Å². The highest BCUT2D eigenvalue weighted by Crippen LogP contribution is 2.29. The predicted molar refractivity (Wildman–Crippen MR) is 68.2 cm³/mol. The second-order valence-corrected chi connectivity index (χ2v) is 5.06. The Kier molecular flexibility index (Phi) is 3.97. The molecule has 1 aromatic rings. The highest BCUT2D eigenvalue weighted by Gasteiger charge is 2.32. The first-order valence-corrected chi connectivity index (χ1v) is 6.36. The number of benzene rings is 1. The van der Waals surface area contributed by atoms with Gasteiger partial charge >= 0.3 is 0 Å². The van der Waals surface area contributed by atoms with Crippen LogP contribution in [0.4, 0.5) is 4.39 Å². The van der Waals surface area contributed by atoms with Gasteiger partial charge in [-0.25, -0.2) is 4.39 Å². The molecule has 1 aromatic carbocycles. The molecule has 0 aromatic heterocycles. The maximum atomic E-state index is 13.1. The zero-order valence-corrected chi connectivity index (χ0v) is 10.6. The Balaban J connectivity index is 2.04. The van der Waals surface area contributed by atoms with E-state index in [0.29, 0.717) is 19.0 Å². The maximum Gasteiger partial charge on any atom is 0.224 e. The van der Waals surface area contributed by atoms with E-state index in [4.69, 9.17) is 5.73 Å². The molecule has 1 saturated carbocycles. The SMILES string of the molecule is CC(N)CC(=O)N(Cc1cccc(F)c1)C1CC1. The molecule has 2 N–H and O–H groups in total. The van der Waals surface area contributed by atoms with Crippen molar-refractivity contribution in [1.82, 2.24) is 4.90 Å². The van der Waals surface area contributed by atoms with Gasteiger partial charge in [-0.1, -0.05) is 12.1 Å². The Morgan fingerprint density at radius 3 is 2.83 bits per heavy atom. The molecule has 0 aliphatic heterocycles. The van der Waals surface area contributed by atoms with Gasteiger partial charge in [0.15, 0.2) is 0 Å². The topological polar surface area (TPSA) is 46.3 Å². The molecule has 98 valence electrons. The lowest BCUT2D eigenvalue weighted by Crippen LogP contribution is -2.36. The monoisotopic (exact) mass is 250 g/mol. The molecule has 0 saturated heterocycles. The zero-order chi connectivity index (χ0) is 13.1. The lowest BCUT2D eigenvalue weighted by molar-refractivity contribution is -0.132. The summed E-state index contributed by atoms with van der Waals surface area (Å²) in [5, 5.41) is 0. The van der Waals surface area contributed by atoms with E-state index < -0.39 is 0 Å². The Labute approximate surface area is 107 Å². The molecule has 4 heteroatoms. The lowest BCUT2D eigenvalue weighted by atomic mass is 10.1. The van der Waals surface area contributed by atoms with Gasteiger partial charge in [0.05, 0.1) is 0 Å². The van der Waals surface area contributed by atoms with Crippen molar-refractivity contribution >= 4 is 5.91 Å². The fraction of sp³-hybridized carbons (Fsp3) is 0.500. The quantitative estimate of drug-likeness (QED) is 0.869. The second kappa shape index (κ2) is 5.48. The second-order valence-electron chi connectivity index (χ2n) is 5.06. The molecule has 0 bridgehead atoms. The minimum Gasteiger partial charge on any atom is -0.335 e. The van der Waals surface area contributed by atoms with Gasteiger partial charge in [0.25, 0.3) is 0 Å². The van der Waals surface area contributed by atoms with Gasteiger partial charge < -0.3 is 10.6 Å². The van der Waals surface area contributed by atoms with Gasteiger partial charge in [0.2, 0.25) is 5.91 Å². The molecule has 1 fully saturated rings. The molecule has 1 aliphatic carbocycles. The van der Waals surface area contributed by atoms with Crippen LogP contribution in [0.2, 0.25) is 0 Å². The minimum absolute atomic E-state index is 0.0664. The maximum absolute atomic E-state index is 13.1. The molecule has 0 radical (unpaired) electrons. The largest absolute Gasteiger partial charge is 0.335 e. The van der Waals surface area contributed by atoms with Crippen LogP contribution in [0.15, 0.2) is 24.3 Å². The number of nitrogens with zero attached hydrogens (tertiary/aromatic N) is 1. The number of halogens is 1. The van der Waals surface area contributed by atoms with Gasteiger partial charge in [0.1, 0.15) is 5.82 Å². The van der Waals surface area contributed by atoms with E-state index in [0.717, 1.165) is 18.4 Å². The van der Waals surface area contributed by atoms with Gasteiger partial charge in [-0.15, -0.1) is 0 Å². The van der Waals surface area contributed by atoms with Crippen molar-refractivity contribution in [3.8, 4) is 0 Å². The fourth-order valence-corrected chi connectivity index (χ4v) is 2.03. The number of carbonyl (C=O) groups excluding carboxylic acids is 1. The third-order valence-corrected chi connectivity index (χ3v) is 3.05. The Morgan fingerprint density at radius 1 is 1.56 bits per heavy atom. The summed E-state index contributed by atoms with van der Waals surface area (Å²) in [5.41, 5.74) is 6.49. The fourth-order valence-electron chi connectivity index (χ4n) is 2.03. The van der Waals surface area contributed by atoms with E-state index in [2.05, 4.69) is 0 Å². The van der Waals surface area contributed by atoms with Crippen molar-refractivity contribution in [3.63, 3.8) is 0 Å². The summed E-state index contributed by atoms with van der Waals surface area (Å²) in [6.07, 6.45) is 2.44. The molecule has 1 amide bonds. The van der Waals surface area contributed by atoms with E-state index in [1.165, 1.54) is 12.1 Å². The van der Waals surface area contributed by atoms with Gasteiger partial charge in [-0.2, -0.15) is 0 Å². The van der Waals surface area contributed by atoms with Crippen molar-refractivity contribution < 1.29 is 9.18 Å². The van der Waals surface area contributed by atoms with E-state index in [9.17, 15) is 9.18 Å². The number of hydrogen-bond acceptors (Lipinski definition) is 2. The van der Waals surface area contributed by atoms with E-state index in [1.54, 1.807) is 6.07 Å². The first-order valence-electron chi connectivity index (χ1n) is 6.36. The number of nitrogens with two attached hydrogens (primary N) is 1. The lowest BCUT2D eigenvalue weighted by Gasteiger charge is -2.23. The highest BCUT2D eigenvalue weighted by molar-refractivity contribution is 5.77. The molecule has 1 atom stereocenters. The third kappa shape index (κ3) is 3.53. The molecule has 0 spiro atoms. The first-order chi connectivity index (χ1) is 8.56. The standard InChI is InChI=1S/C14H19FN2O/c1-10(16)7-14(18)17(13-5-6-13)9-11-3-2-4-12(15)8-11/h2-4,8,10,13H,5-7,9,16H2,1H3. The van der Waals surface area contributed by atoms with Crippen molar-refractivity contribution in [3.05, 3.63) is 35.6 Å². The summed E-state index contributed by atoms with van der Waals surface area (Å²) in [4.78, 5) is 13.9. The molecule has 3 nitrogen and oxygen atoms in total. The molecule has 0 heterocycles. The summed E-state index contributed by atoms with van der Waals surface area (Å²) in [6, 6.07) is 6.60. The Morgan fingerprint density at radius 2 is 2.28 bits per heavy atom. The van der Waals surface area contributed by atoms with Gasteiger partial charge in [0, 0.05) is 25.0 Å². The molecule has 18 heavy (non-hydrogen) atoms. The normalized spacial score (nSPS) is 16.4. The average molecular weight is 250 g/mol. The zero-order valence-electron chi connectivity index (χ0n) is 10.6. The first kappa shape index (κ1) is 13.0. The predicted octanol–water partition coefficient (Wildman–Crippen LogP) is 2.05. The molecular formula is C14H19FN2O. The summed E-state index contributed by atoms with van der Waals surface area (Å²) >= 11 is 0. The van der Waals surface area contributed by atoms with Crippen LogP contribution in [-0.4, -0.2) is 22.9 Å².